The average Bonchev–Trinajstić information content (AvgIpc) is 2.26. The van der Waals surface area contributed by atoms with E-state index in [0.29, 0.717) is 0 Å². The maximum absolute atomic E-state index is 12.6. The largest absolute Gasteiger partial charge is 0.481 e. The number of nitrogens with zero attached hydrogens (tertiary/aromatic N) is 1. The van der Waals surface area contributed by atoms with Crippen LogP contribution in [0.15, 0.2) is 18.3 Å². The van der Waals surface area contributed by atoms with Crippen LogP contribution >= 0.6 is 0 Å². The van der Waals surface area contributed by atoms with Crippen molar-refractivity contribution in [3.05, 3.63) is 23.9 Å². The summed E-state index contributed by atoms with van der Waals surface area (Å²) in [6.07, 6.45) is -4.55. The lowest BCUT2D eigenvalue weighted by molar-refractivity contribution is -0.144. The van der Waals surface area contributed by atoms with Crippen molar-refractivity contribution in [2.45, 2.75) is 18.6 Å². The van der Waals surface area contributed by atoms with Gasteiger partial charge in [-0.05, 0) is 12.1 Å². The van der Waals surface area contributed by atoms with Crippen molar-refractivity contribution < 1.29 is 33.0 Å². The normalized spacial score (nSPS) is 12.8. The number of aliphatic carboxylic acids is 2. The molecule has 0 spiro atoms. The summed E-state index contributed by atoms with van der Waals surface area (Å²) < 4.78 is 37.9. The van der Waals surface area contributed by atoms with Crippen molar-refractivity contribution in [2.24, 2.45) is 0 Å². The number of carboxylic acids is 2. The number of alkyl halides is 3. The van der Waals surface area contributed by atoms with Crippen LogP contribution in [0.25, 0.3) is 0 Å². The number of carbonyl (C=O) groups is 2. The van der Waals surface area contributed by atoms with Crippen LogP contribution in [0, 0.1) is 0 Å². The number of nitrogens with one attached hydrogen (secondary N) is 1. The highest BCUT2D eigenvalue weighted by atomic mass is 19.4. The van der Waals surface area contributed by atoms with Crippen molar-refractivity contribution in [2.75, 3.05) is 5.32 Å². The summed E-state index contributed by atoms with van der Waals surface area (Å²) in [6, 6.07) is 0.0594. The Balaban J connectivity index is 3.03. The van der Waals surface area contributed by atoms with E-state index in [9.17, 15) is 22.8 Å². The van der Waals surface area contributed by atoms with Gasteiger partial charge in [0.05, 0.1) is 12.0 Å². The van der Waals surface area contributed by atoms with Crippen molar-refractivity contribution >= 4 is 17.8 Å². The number of pyridine rings is 1. The molecule has 0 radical (unpaired) electrons. The Morgan fingerprint density at radius 3 is 2.47 bits per heavy atom. The van der Waals surface area contributed by atoms with Crippen molar-refractivity contribution in [3.8, 4) is 0 Å². The van der Waals surface area contributed by atoms with Crippen LogP contribution in [-0.4, -0.2) is 33.2 Å². The van der Waals surface area contributed by atoms with E-state index in [1.54, 1.807) is 0 Å². The number of carboxylic acid groups (broad SMARTS) is 2. The van der Waals surface area contributed by atoms with Crippen LogP contribution in [0.2, 0.25) is 0 Å². The Labute approximate surface area is 104 Å². The first-order valence-electron chi connectivity index (χ1n) is 4.95. The molecule has 9 heteroatoms. The van der Waals surface area contributed by atoms with Crippen LogP contribution in [0.5, 0.6) is 0 Å². The van der Waals surface area contributed by atoms with Gasteiger partial charge in [0.2, 0.25) is 0 Å². The van der Waals surface area contributed by atoms with Gasteiger partial charge < -0.3 is 15.5 Å². The second-order valence-corrected chi connectivity index (χ2v) is 3.53. The van der Waals surface area contributed by atoms with E-state index in [2.05, 4.69) is 4.98 Å². The Hall–Kier alpha value is -2.32. The first kappa shape index (κ1) is 14.7. The summed E-state index contributed by atoms with van der Waals surface area (Å²) in [5.74, 6) is -3.76. The standard InChI is InChI=1S/C10H9F3N2O4/c11-10(12,13)5-2-1-3-14-8(5)15-6(9(18)19)4-7(16)17/h1-3,6H,4H2,(H,14,15)(H,16,17)(H,18,19). The van der Waals surface area contributed by atoms with Crippen LogP contribution in [-0.2, 0) is 15.8 Å². The maximum Gasteiger partial charge on any atom is 0.419 e. The number of anilines is 1. The zero-order chi connectivity index (χ0) is 14.6. The molecule has 0 aliphatic heterocycles. The van der Waals surface area contributed by atoms with Gasteiger partial charge in [0.25, 0.3) is 0 Å². The summed E-state index contributed by atoms with van der Waals surface area (Å²) in [5, 5.41) is 19.2. The average molecular weight is 278 g/mol. The van der Waals surface area contributed by atoms with E-state index in [4.69, 9.17) is 10.2 Å². The van der Waals surface area contributed by atoms with Gasteiger partial charge in [0, 0.05) is 6.20 Å². The third-order valence-corrected chi connectivity index (χ3v) is 2.10. The molecule has 0 amide bonds. The monoisotopic (exact) mass is 278 g/mol. The molecule has 1 aromatic heterocycles. The van der Waals surface area contributed by atoms with Crippen molar-refractivity contribution in [1.82, 2.24) is 4.98 Å². The molecule has 0 bridgehead atoms. The predicted octanol–water partition coefficient (Wildman–Crippen LogP) is 1.44. The van der Waals surface area contributed by atoms with E-state index in [-0.39, 0.29) is 0 Å². The van der Waals surface area contributed by atoms with E-state index < -0.39 is 42.0 Å². The highest BCUT2D eigenvalue weighted by Crippen LogP contribution is 2.33. The molecule has 0 aliphatic rings. The molecule has 0 fully saturated rings. The maximum atomic E-state index is 12.6. The van der Waals surface area contributed by atoms with Gasteiger partial charge in [0.1, 0.15) is 11.9 Å². The first-order valence-corrected chi connectivity index (χ1v) is 4.95. The molecule has 0 aromatic carbocycles. The minimum atomic E-state index is -4.72. The third-order valence-electron chi connectivity index (χ3n) is 2.10. The van der Waals surface area contributed by atoms with Gasteiger partial charge in [-0.15, -0.1) is 0 Å². The lowest BCUT2D eigenvalue weighted by atomic mass is 10.2. The lowest BCUT2D eigenvalue weighted by Gasteiger charge is -2.17. The summed E-state index contributed by atoms with van der Waals surface area (Å²) in [7, 11) is 0. The van der Waals surface area contributed by atoms with Gasteiger partial charge in [-0.3, -0.25) is 4.79 Å². The molecule has 1 heterocycles. The molecule has 1 atom stereocenters. The second kappa shape index (κ2) is 5.55. The fourth-order valence-corrected chi connectivity index (χ4v) is 1.29. The quantitative estimate of drug-likeness (QED) is 0.753. The van der Waals surface area contributed by atoms with Gasteiger partial charge >= 0.3 is 18.1 Å². The zero-order valence-corrected chi connectivity index (χ0v) is 9.31. The number of hydrogen-bond donors (Lipinski definition) is 3. The van der Waals surface area contributed by atoms with E-state index in [1.807, 2.05) is 5.32 Å². The van der Waals surface area contributed by atoms with Crippen molar-refractivity contribution in [1.29, 1.82) is 0 Å². The van der Waals surface area contributed by atoms with E-state index in [1.165, 1.54) is 0 Å². The highest BCUT2D eigenvalue weighted by Gasteiger charge is 2.35. The zero-order valence-electron chi connectivity index (χ0n) is 9.31. The molecular weight excluding hydrogens is 269 g/mol. The molecule has 1 aromatic rings. The summed E-state index contributed by atoms with van der Waals surface area (Å²) >= 11 is 0. The fraction of sp³-hybridized carbons (Fsp3) is 0.300. The van der Waals surface area contributed by atoms with E-state index in [0.717, 1.165) is 18.3 Å². The van der Waals surface area contributed by atoms with Crippen LogP contribution < -0.4 is 5.32 Å². The molecule has 0 aliphatic carbocycles. The molecule has 0 saturated carbocycles. The minimum Gasteiger partial charge on any atom is -0.481 e. The molecule has 104 valence electrons. The number of rotatable bonds is 5. The van der Waals surface area contributed by atoms with Crippen molar-refractivity contribution in [3.63, 3.8) is 0 Å². The summed E-state index contributed by atoms with van der Waals surface area (Å²) in [4.78, 5) is 24.6. The lowest BCUT2D eigenvalue weighted by Crippen LogP contribution is -2.33. The smallest absolute Gasteiger partial charge is 0.419 e. The Morgan fingerprint density at radius 2 is 2.00 bits per heavy atom. The first-order chi connectivity index (χ1) is 8.71. The second-order valence-electron chi connectivity index (χ2n) is 3.53. The SMILES string of the molecule is O=C(O)CC(Nc1ncccc1C(F)(F)F)C(=O)O. The molecule has 0 saturated heterocycles. The van der Waals surface area contributed by atoms with E-state index >= 15 is 0 Å². The van der Waals surface area contributed by atoms with Gasteiger partial charge in [0.15, 0.2) is 0 Å². The van der Waals surface area contributed by atoms with Gasteiger partial charge in [-0.25, -0.2) is 9.78 Å². The minimum absolute atomic E-state index is 0.717. The summed E-state index contributed by atoms with van der Waals surface area (Å²) in [6.45, 7) is 0. The molecule has 19 heavy (non-hydrogen) atoms. The number of halogens is 3. The Morgan fingerprint density at radius 1 is 1.37 bits per heavy atom. The molecule has 3 N–H and O–H groups in total. The number of hydrogen-bond acceptors (Lipinski definition) is 4. The molecular formula is C10H9F3N2O4. The fourth-order valence-electron chi connectivity index (χ4n) is 1.29. The predicted molar refractivity (Wildman–Crippen MR) is 56.5 cm³/mol. The molecule has 1 rings (SSSR count). The topological polar surface area (TPSA) is 99.5 Å². The van der Waals surface area contributed by atoms with Gasteiger partial charge in [-0.2, -0.15) is 13.2 Å². The third kappa shape index (κ3) is 4.12. The Kier molecular flexibility index (Phi) is 4.30. The number of aromatic nitrogens is 1. The summed E-state index contributed by atoms with van der Waals surface area (Å²) in [5.41, 5.74) is -1.16. The highest BCUT2D eigenvalue weighted by molar-refractivity contribution is 5.83. The molecule has 6 nitrogen and oxygen atoms in total. The molecule has 1 unspecified atom stereocenters. The Bertz CT molecular complexity index is 490. The van der Waals surface area contributed by atoms with Crippen LogP contribution in [0.3, 0.4) is 0 Å². The van der Waals surface area contributed by atoms with Crippen LogP contribution in [0.4, 0.5) is 19.0 Å². The van der Waals surface area contributed by atoms with Gasteiger partial charge in [-0.1, -0.05) is 0 Å². The van der Waals surface area contributed by atoms with Crippen LogP contribution in [0.1, 0.15) is 12.0 Å².